The third-order valence-electron chi connectivity index (χ3n) is 3.34. The van der Waals surface area contributed by atoms with Crippen LogP contribution < -0.4 is 4.72 Å². The standard InChI is InChI=1S/C12H16ClFN2O3S/c13-11-2-1-10(14)7-12(11)15-20(18,19)16-5-3-9(8-17)4-6-16/h1-2,7,9,15,17H,3-6,8H2. The molecule has 112 valence electrons. The molecule has 1 saturated heterocycles. The summed E-state index contributed by atoms with van der Waals surface area (Å²) in [6.45, 7) is 0.720. The van der Waals surface area contributed by atoms with Gasteiger partial charge in [0.2, 0.25) is 0 Å². The maximum atomic E-state index is 13.1. The van der Waals surface area contributed by atoms with Crippen LogP contribution in [0.3, 0.4) is 0 Å². The summed E-state index contributed by atoms with van der Waals surface area (Å²) < 4.78 is 41.1. The van der Waals surface area contributed by atoms with Crippen molar-refractivity contribution in [3.63, 3.8) is 0 Å². The van der Waals surface area contributed by atoms with E-state index in [1.165, 1.54) is 10.4 Å². The highest BCUT2D eigenvalue weighted by molar-refractivity contribution is 7.90. The number of halogens is 2. The van der Waals surface area contributed by atoms with Crippen LogP contribution in [0, 0.1) is 11.7 Å². The van der Waals surface area contributed by atoms with Gasteiger partial charge in [-0.05, 0) is 37.0 Å². The van der Waals surface area contributed by atoms with E-state index in [4.69, 9.17) is 16.7 Å². The zero-order valence-electron chi connectivity index (χ0n) is 10.7. The average molecular weight is 323 g/mol. The lowest BCUT2D eigenvalue weighted by Gasteiger charge is -2.30. The number of nitrogens with one attached hydrogen (secondary N) is 1. The van der Waals surface area contributed by atoms with E-state index in [2.05, 4.69) is 4.72 Å². The number of benzene rings is 1. The molecule has 8 heteroatoms. The van der Waals surface area contributed by atoms with E-state index < -0.39 is 16.0 Å². The predicted octanol–water partition coefficient (Wildman–Crippen LogP) is 1.84. The summed E-state index contributed by atoms with van der Waals surface area (Å²) in [6.07, 6.45) is 1.21. The quantitative estimate of drug-likeness (QED) is 0.888. The van der Waals surface area contributed by atoms with Crippen LogP contribution in [0.5, 0.6) is 0 Å². The van der Waals surface area contributed by atoms with Crippen LogP contribution in [0.1, 0.15) is 12.8 Å². The minimum atomic E-state index is -3.76. The summed E-state index contributed by atoms with van der Waals surface area (Å²) in [4.78, 5) is 0. The van der Waals surface area contributed by atoms with Crippen molar-refractivity contribution in [2.24, 2.45) is 5.92 Å². The van der Waals surface area contributed by atoms with Gasteiger partial charge in [-0.15, -0.1) is 0 Å². The topological polar surface area (TPSA) is 69.6 Å². The lowest BCUT2D eigenvalue weighted by atomic mass is 10.00. The Morgan fingerprint density at radius 1 is 1.40 bits per heavy atom. The van der Waals surface area contributed by atoms with Crippen LogP contribution in [0.25, 0.3) is 0 Å². The molecule has 2 rings (SSSR count). The molecule has 1 heterocycles. The monoisotopic (exact) mass is 322 g/mol. The number of hydrogen-bond donors (Lipinski definition) is 2. The van der Waals surface area contributed by atoms with Crippen LogP contribution in [0.15, 0.2) is 18.2 Å². The third-order valence-corrected chi connectivity index (χ3v) is 5.19. The Bertz CT molecular complexity index is 574. The van der Waals surface area contributed by atoms with E-state index in [0.29, 0.717) is 25.9 Å². The van der Waals surface area contributed by atoms with Crippen molar-refractivity contribution in [2.45, 2.75) is 12.8 Å². The van der Waals surface area contributed by atoms with E-state index in [9.17, 15) is 12.8 Å². The molecule has 2 N–H and O–H groups in total. The van der Waals surface area contributed by atoms with Gasteiger partial charge in [-0.3, -0.25) is 4.72 Å². The first-order valence-electron chi connectivity index (χ1n) is 6.26. The molecule has 1 aliphatic rings. The van der Waals surface area contributed by atoms with Gasteiger partial charge in [0.15, 0.2) is 0 Å². The number of aliphatic hydroxyl groups excluding tert-OH is 1. The highest BCUT2D eigenvalue weighted by Gasteiger charge is 2.28. The lowest BCUT2D eigenvalue weighted by Crippen LogP contribution is -2.42. The Kier molecular flexibility index (Phi) is 4.85. The first kappa shape index (κ1) is 15.5. The fraction of sp³-hybridized carbons (Fsp3) is 0.500. The molecule has 0 aromatic heterocycles. The molecule has 1 fully saturated rings. The molecule has 0 atom stereocenters. The van der Waals surface area contributed by atoms with E-state index in [-0.39, 0.29) is 23.2 Å². The molecule has 0 spiro atoms. The Hall–Kier alpha value is -0.890. The van der Waals surface area contributed by atoms with Gasteiger partial charge < -0.3 is 5.11 Å². The zero-order valence-corrected chi connectivity index (χ0v) is 12.3. The van der Waals surface area contributed by atoms with Crippen molar-refractivity contribution in [3.8, 4) is 0 Å². The second-order valence-corrected chi connectivity index (χ2v) is 6.83. The summed E-state index contributed by atoms with van der Waals surface area (Å²) >= 11 is 5.84. The normalized spacial score (nSPS) is 18.1. The highest BCUT2D eigenvalue weighted by Crippen LogP contribution is 2.26. The van der Waals surface area contributed by atoms with Gasteiger partial charge in [0.05, 0.1) is 10.7 Å². The largest absolute Gasteiger partial charge is 0.396 e. The predicted molar refractivity (Wildman–Crippen MR) is 75.3 cm³/mol. The van der Waals surface area contributed by atoms with Gasteiger partial charge >= 0.3 is 10.2 Å². The van der Waals surface area contributed by atoms with Gasteiger partial charge in [0.25, 0.3) is 0 Å². The molecule has 20 heavy (non-hydrogen) atoms. The number of anilines is 1. The third kappa shape index (κ3) is 3.60. The summed E-state index contributed by atoms with van der Waals surface area (Å²) in [5, 5.41) is 9.18. The zero-order chi connectivity index (χ0) is 14.8. The van der Waals surface area contributed by atoms with Crippen molar-refractivity contribution in [2.75, 3.05) is 24.4 Å². The number of hydrogen-bond acceptors (Lipinski definition) is 3. The van der Waals surface area contributed by atoms with Crippen LogP contribution in [-0.4, -0.2) is 37.5 Å². The SMILES string of the molecule is O=S(=O)(Nc1cc(F)ccc1Cl)N1CCC(CO)CC1. The van der Waals surface area contributed by atoms with Gasteiger partial charge in [-0.25, -0.2) is 4.39 Å². The highest BCUT2D eigenvalue weighted by atomic mass is 35.5. The second kappa shape index (κ2) is 6.26. The van der Waals surface area contributed by atoms with Crippen LogP contribution in [0.2, 0.25) is 5.02 Å². The van der Waals surface area contributed by atoms with Crippen molar-refractivity contribution < 1.29 is 17.9 Å². The number of rotatable bonds is 4. The molecule has 5 nitrogen and oxygen atoms in total. The summed E-state index contributed by atoms with van der Waals surface area (Å²) in [6, 6.07) is 3.50. The molecule has 1 aromatic carbocycles. The van der Waals surface area contributed by atoms with E-state index in [0.717, 1.165) is 12.1 Å². The maximum absolute atomic E-state index is 13.1. The molecular formula is C12H16ClFN2O3S. The van der Waals surface area contributed by atoms with Crippen molar-refractivity contribution in [3.05, 3.63) is 29.0 Å². The van der Waals surface area contributed by atoms with Gasteiger partial charge in [0.1, 0.15) is 5.82 Å². The Morgan fingerprint density at radius 3 is 2.65 bits per heavy atom. The fourth-order valence-electron chi connectivity index (χ4n) is 2.11. The molecule has 0 aliphatic carbocycles. The number of nitrogens with zero attached hydrogens (tertiary/aromatic N) is 1. The van der Waals surface area contributed by atoms with Crippen molar-refractivity contribution >= 4 is 27.5 Å². The molecule has 1 aromatic rings. The van der Waals surface area contributed by atoms with E-state index >= 15 is 0 Å². The minimum Gasteiger partial charge on any atom is -0.396 e. The Balaban J connectivity index is 2.10. The van der Waals surface area contributed by atoms with Crippen LogP contribution in [-0.2, 0) is 10.2 Å². The lowest BCUT2D eigenvalue weighted by molar-refractivity contribution is 0.170. The van der Waals surface area contributed by atoms with Gasteiger partial charge in [0, 0.05) is 19.7 Å². The van der Waals surface area contributed by atoms with E-state index in [1.54, 1.807) is 0 Å². The van der Waals surface area contributed by atoms with Gasteiger partial charge in [-0.1, -0.05) is 11.6 Å². The molecule has 1 aliphatic heterocycles. The summed E-state index contributed by atoms with van der Waals surface area (Å²) in [5.41, 5.74) is 0.0240. The molecule has 0 bridgehead atoms. The van der Waals surface area contributed by atoms with Crippen molar-refractivity contribution in [1.29, 1.82) is 0 Å². The first-order chi connectivity index (χ1) is 9.42. The van der Waals surface area contributed by atoms with E-state index in [1.807, 2.05) is 0 Å². The minimum absolute atomic E-state index is 0.0240. The second-order valence-electron chi connectivity index (χ2n) is 4.76. The molecule has 0 radical (unpaired) electrons. The smallest absolute Gasteiger partial charge is 0.301 e. The number of piperidine rings is 1. The van der Waals surface area contributed by atoms with Crippen molar-refractivity contribution in [1.82, 2.24) is 4.31 Å². The molecular weight excluding hydrogens is 307 g/mol. The maximum Gasteiger partial charge on any atom is 0.301 e. The molecule has 0 amide bonds. The Morgan fingerprint density at radius 2 is 2.05 bits per heavy atom. The first-order valence-corrected chi connectivity index (χ1v) is 8.08. The Labute approximate surface area is 122 Å². The molecule has 0 unspecified atom stereocenters. The average Bonchev–Trinajstić information content (AvgIpc) is 2.43. The summed E-state index contributed by atoms with van der Waals surface area (Å²) in [5.74, 6) is -0.426. The summed E-state index contributed by atoms with van der Waals surface area (Å²) in [7, 11) is -3.76. The fourth-order valence-corrected chi connectivity index (χ4v) is 3.60. The number of aliphatic hydroxyl groups is 1. The molecule has 0 saturated carbocycles. The van der Waals surface area contributed by atoms with Crippen LogP contribution in [0.4, 0.5) is 10.1 Å². The van der Waals surface area contributed by atoms with Crippen LogP contribution >= 0.6 is 11.6 Å². The van der Waals surface area contributed by atoms with Gasteiger partial charge in [-0.2, -0.15) is 12.7 Å².